The van der Waals surface area contributed by atoms with Crippen LogP contribution in [0.25, 0.3) is 0 Å². The van der Waals surface area contributed by atoms with Crippen LogP contribution in [0.5, 0.6) is 0 Å². The van der Waals surface area contributed by atoms with Crippen molar-refractivity contribution in [3.05, 3.63) is 21.9 Å². The summed E-state index contributed by atoms with van der Waals surface area (Å²) in [5, 5.41) is 28.8. The van der Waals surface area contributed by atoms with E-state index in [1.54, 1.807) is 0 Å². The first kappa shape index (κ1) is 13.1. The molecular formula is C10H13NO6. The third-order valence-corrected chi connectivity index (χ3v) is 3.05. The predicted molar refractivity (Wildman–Crippen MR) is 55.8 cm³/mol. The van der Waals surface area contributed by atoms with Crippen molar-refractivity contribution >= 4 is 11.9 Å². The van der Waals surface area contributed by atoms with Crippen molar-refractivity contribution in [1.29, 1.82) is 0 Å². The Kier molecular flexibility index (Phi) is 2.96. The molecule has 0 fully saturated rings. The molecule has 17 heavy (non-hydrogen) atoms. The second-order valence-corrected chi connectivity index (χ2v) is 4.83. The Morgan fingerprint density at radius 3 is 2.24 bits per heavy atom. The van der Waals surface area contributed by atoms with E-state index in [2.05, 4.69) is 0 Å². The van der Waals surface area contributed by atoms with E-state index >= 15 is 0 Å². The van der Waals surface area contributed by atoms with Crippen LogP contribution in [-0.4, -0.2) is 27.1 Å². The molecule has 7 nitrogen and oxygen atoms in total. The molecule has 0 radical (unpaired) electrons. The maximum absolute atomic E-state index is 11.1. The zero-order valence-electron chi connectivity index (χ0n) is 9.47. The largest absolute Gasteiger partial charge is 0.481 e. The molecule has 7 heteroatoms. The first-order chi connectivity index (χ1) is 7.61. The topological polar surface area (TPSA) is 118 Å². The van der Waals surface area contributed by atoms with E-state index in [1.807, 2.05) is 0 Å². The number of carboxylic acid groups (broad SMARTS) is 2. The Hall–Kier alpha value is -1.92. The highest BCUT2D eigenvalue weighted by Gasteiger charge is 2.50. The summed E-state index contributed by atoms with van der Waals surface area (Å²) in [7, 11) is 0. The fourth-order valence-corrected chi connectivity index (χ4v) is 2.15. The van der Waals surface area contributed by atoms with Gasteiger partial charge in [-0.15, -0.1) is 0 Å². The number of nitrogens with zero attached hydrogens (tertiary/aromatic N) is 1. The minimum atomic E-state index is -1.52. The Morgan fingerprint density at radius 1 is 1.35 bits per heavy atom. The van der Waals surface area contributed by atoms with Gasteiger partial charge in [0.1, 0.15) is 0 Å². The summed E-state index contributed by atoms with van der Waals surface area (Å²) < 4.78 is 0. The lowest BCUT2D eigenvalue weighted by Crippen LogP contribution is -2.42. The number of allylic oxidation sites excluding steroid dienone is 1. The molecule has 0 saturated carbocycles. The molecule has 0 saturated heterocycles. The van der Waals surface area contributed by atoms with Gasteiger partial charge >= 0.3 is 11.9 Å². The summed E-state index contributed by atoms with van der Waals surface area (Å²) in [5.41, 5.74) is -3.30. The summed E-state index contributed by atoms with van der Waals surface area (Å²) in [6.45, 7) is 2.62. The van der Waals surface area contributed by atoms with Gasteiger partial charge in [-0.25, -0.2) is 0 Å². The molecule has 0 spiro atoms. The van der Waals surface area contributed by atoms with E-state index in [1.165, 1.54) is 13.8 Å². The fourth-order valence-electron chi connectivity index (χ4n) is 2.15. The number of hydrogen-bond acceptors (Lipinski definition) is 4. The van der Waals surface area contributed by atoms with Crippen molar-refractivity contribution in [3.63, 3.8) is 0 Å². The first-order valence-corrected chi connectivity index (χ1v) is 4.94. The van der Waals surface area contributed by atoms with Crippen molar-refractivity contribution in [2.75, 3.05) is 0 Å². The minimum Gasteiger partial charge on any atom is -0.481 e. The fraction of sp³-hybridized carbons (Fsp3) is 0.600. The van der Waals surface area contributed by atoms with Gasteiger partial charge in [0.2, 0.25) is 5.70 Å². The molecule has 1 aliphatic carbocycles. The maximum Gasteiger partial charge on any atom is 0.313 e. The summed E-state index contributed by atoms with van der Waals surface area (Å²) in [6, 6.07) is 0. The highest BCUT2D eigenvalue weighted by atomic mass is 16.6. The highest BCUT2D eigenvalue weighted by molar-refractivity contribution is 5.81. The van der Waals surface area contributed by atoms with Gasteiger partial charge in [-0.2, -0.15) is 0 Å². The third-order valence-electron chi connectivity index (χ3n) is 3.05. The van der Waals surface area contributed by atoms with E-state index in [4.69, 9.17) is 10.2 Å². The normalized spacial score (nSPS) is 32.7. The van der Waals surface area contributed by atoms with E-state index < -0.39 is 27.7 Å². The summed E-state index contributed by atoms with van der Waals surface area (Å²) in [4.78, 5) is 32.2. The quantitative estimate of drug-likeness (QED) is 0.566. The number of rotatable bonds is 3. The molecule has 0 amide bonds. The SMILES string of the molecule is CC1(C(=O)O)C=C([N+](=O)[O-])CC(C)(C(=O)O)C1. The number of aliphatic carboxylic acids is 2. The van der Waals surface area contributed by atoms with E-state index in [0.717, 1.165) is 6.08 Å². The van der Waals surface area contributed by atoms with Gasteiger partial charge in [-0.3, -0.25) is 19.7 Å². The van der Waals surface area contributed by atoms with Gasteiger partial charge in [-0.05, 0) is 20.3 Å². The molecule has 0 aromatic carbocycles. The molecule has 0 aromatic heterocycles. The Bertz CT molecular complexity index is 429. The molecule has 1 rings (SSSR count). The van der Waals surface area contributed by atoms with Crippen LogP contribution < -0.4 is 0 Å². The van der Waals surface area contributed by atoms with Crippen molar-refractivity contribution in [3.8, 4) is 0 Å². The van der Waals surface area contributed by atoms with Gasteiger partial charge in [0.05, 0.1) is 22.2 Å². The number of carboxylic acids is 2. The zero-order chi connectivity index (χ0) is 13.4. The monoisotopic (exact) mass is 243 g/mol. The minimum absolute atomic E-state index is 0.165. The van der Waals surface area contributed by atoms with Gasteiger partial charge < -0.3 is 10.2 Å². The maximum atomic E-state index is 11.1. The summed E-state index contributed by atoms with van der Waals surface area (Å²) >= 11 is 0. The van der Waals surface area contributed by atoms with Gasteiger partial charge in [0.25, 0.3) is 0 Å². The van der Waals surface area contributed by atoms with Crippen molar-refractivity contribution < 1.29 is 24.7 Å². The van der Waals surface area contributed by atoms with Crippen LogP contribution in [0, 0.1) is 20.9 Å². The summed E-state index contributed by atoms with van der Waals surface area (Å²) in [5.74, 6) is -2.48. The van der Waals surface area contributed by atoms with Crippen LogP contribution >= 0.6 is 0 Å². The van der Waals surface area contributed by atoms with Crippen LogP contribution in [0.1, 0.15) is 26.7 Å². The number of hydrogen-bond donors (Lipinski definition) is 2. The lowest BCUT2D eigenvalue weighted by molar-refractivity contribution is -0.431. The van der Waals surface area contributed by atoms with Crippen LogP contribution in [0.3, 0.4) is 0 Å². The van der Waals surface area contributed by atoms with Gasteiger partial charge in [0.15, 0.2) is 0 Å². The lowest BCUT2D eigenvalue weighted by atomic mass is 9.66. The standard InChI is InChI=1S/C10H13NO6/c1-9(7(12)13)3-6(11(16)17)4-10(2,5-9)8(14)15/h3H,4-5H2,1-2H3,(H,12,13)(H,14,15). The molecule has 1 aliphatic rings. The van der Waals surface area contributed by atoms with Crippen molar-refractivity contribution in [1.82, 2.24) is 0 Å². The average molecular weight is 243 g/mol. The molecule has 0 aromatic rings. The number of carbonyl (C=O) groups is 2. The van der Waals surface area contributed by atoms with E-state index in [0.29, 0.717) is 0 Å². The molecule has 0 bridgehead atoms. The molecule has 0 heterocycles. The Labute approximate surface area is 96.9 Å². The molecule has 0 aliphatic heterocycles. The molecule has 94 valence electrons. The van der Waals surface area contributed by atoms with Crippen molar-refractivity contribution in [2.45, 2.75) is 26.7 Å². The molecule has 2 unspecified atom stereocenters. The smallest absolute Gasteiger partial charge is 0.313 e. The average Bonchev–Trinajstić information content (AvgIpc) is 2.15. The zero-order valence-corrected chi connectivity index (χ0v) is 9.47. The summed E-state index contributed by atoms with van der Waals surface area (Å²) in [6.07, 6.45) is 0.611. The van der Waals surface area contributed by atoms with E-state index in [9.17, 15) is 19.7 Å². The van der Waals surface area contributed by atoms with Gasteiger partial charge in [-0.1, -0.05) is 0 Å². The third kappa shape index (κ3) is 2.27. The Balaban J connectivity index is 3.29. The highest BCUT2D eigenvalue weighted by Crippen LogP contribution is 2.45. The number of nitro groups is 1. The predicted octanol–water partition coefficient (Wildman–Crippen LogP) is 1.12. The lowest BCUT2D eigenvalue weighted by Gasteiger charge is -2.35. The molecule has 2 atom stereocenters. The Morgan fingerprint density at radius 2 is 1.88 bits per heavy atom. The second-order valence-electron chi connectivity index (χ2n) is 4.83. The van der Waals surface area contributed by atoms with E-state index in [-0.39, 0.29) is 18.5 Å². The second kappa shape index (κ2) is 3.83. The van der Waals surface area contributed by atoms with Crippen LogP contribution in [0.4, 0.5) is 0 Å². The van der Waals surface area contributed by atoms with Crippen LogP contribution in [0.15, 0.2) is 11.8 Å². The van der Waals surface area contributed by atoms with Gasteiger partial charge in [0, 0.05) is 6.08 Å². The van der Waals surface area contributed by atoms with Crippen LogP contribution in [0.2, 0.25) is 0 Å². The first-order valence-electron chi connectivity index (χ1n) is 4.94. The molecular weight excluding hydrogens is 230 g/mol. The van der Waals surface area contributed by atoms with Crippen LogP contribution in [-0.2, 0) is 9.59 Å². The molecule has 2 N–H and O–H groups in total. The van der Waals surface area contributed by atoms with Crippen molar-refractivity contribution in [2.24, 2.45) is 10.8 Å².